The molecule has 6 aromatic carbocycles. The molecule has 0 saturated heterocycles. The lowest BCUT2D eigenvalue weighted by Gasteiger charge is -2.50. The van der Waals surface area contributed by atoms with Gasteiger partial charge in [0, 0.05) is 22.1 Å². The highest BCUT2D eigenvalue weighted by Gasteiger charge is 2.45. The third-order valence-electron chi connectivity index (χ3n) is 11.7. The minimum Gasteiger partial charge on any atom is -0.208 e. The summed E-state index contributed by atoms with van der Waals surface area (Å²) in [7, 11) is 0. The average Bonchev–Trinajstić information content (AvgIpc) is 3.20. The molecule has 258 valence electrons. The number of hydrogen-bond acceptors (Lipinski definition) is 4. The highest BCUT2D eigenvalue weighted by Crippen LogP contribution is 2.54. The predicted octanol–water partition coefficient (Wildman–Crippen LogP) is 12.3. The molecule has 4 atom stereocenters. The summed E-state index contributed by atoms with van der Waals surface area (Å²) in [5.74, 6) is 4.16. The van der Waals surface area contributed by atoms with E-state index in [4.69, 9.17) is 15.0 Å². The highest BCUT2D eigenvalue weighted by atomic mass is 15.0. The van der Waals surface area contributed by atoms with Gasteiger partial charge in [0.15, 0.2) is 17.5 Å². The molecule has 4 heteroatoms. The van der Waals surface area contributed by atoms with Crippen molar-refractivity contribution in [3.63, 3.8) is 0 Å². The van der Waals surface area contributed by atoms with E-state index < -0.39 is 0 Å². The third kappa shape index (κ3) is 6.31. The fraction of sp³-hybridized carbons (Fsp3) is 0.224. The lowest BCUT2D eigenvalue weighted by molar-refractivity contribution is 0.0780. The van der Waals surface area contributed by atoms with Gasteiger partial charge in [0.1, 0.15) is 0 Å². The Balaban J connectivity index is 1.18. The number of nitriles is 1. The topological polar surface area (TPSA) is 62.5 Å². The van der Waals surface area contributed by atoms with Crippen LogP contribution in [0.4, 0.5) is 0 Å². The summed E-state index contributed by atoms with van der Waals surface area (Å²) < 4.78 is 0. The first-order valence-electron chi connectivity index (χ1n) is 19.0. The minimum absolute atomic E-state index is 0.273. The van der Waals surface area contributed by atoms with E-state index in [9.17, 15) is 5.26 Å². The van der Waals surface area contributed by atoms with E-state index in [1.807, 2.05) is 48.5 Å². The maximum absolute atomic E-state index is 10.3. The summed E-state index contributed by atoms with van der Waals surface area (Å²) in [6, 6.07) is 51.0. The van der Waals surface area contributed by atoms with Gasteiger partial charge in [-0.25, -0.2) is 15.0 Å². The Labute approximate surface area is 312 Å². The van der Waals surface area contributed by atoms with Gasteiger partial charge in [-0.3, -0.25) is 0 Å². The molecule has 1 heterocycles. The summed E-state index contributed by atoms with van der Waals surface area (Å²) in [6.07, 6.45) is 6.61. The summed E-state index contributed by atoms with van der Waals surface area (Å²) in [4.78, 5) is 15.3. The van der Waals surface area contributed by atoms with Crippen molar-refractivity contribution in [3.05, 3.63) is 151 Å². The Bertz CT molecular complexity index is 2440. The van der Waals surface area contributed by atoms with Crippen molar-refractivity contribution in [3.8, 4) is 62.5 Å². The molecule has 2 bridgehead atoms. The fourth-order valence-electron chi connectivity index (χ4n) is 9.69. The van der Waals surface area contributed by atoms with Crippen molar-refractivity contribution in [2.45, 2.75) is 51.4 Å². The Morgan fingerprint density at radius 2 is 1.04 bits per heavy atom. The molecule has 0 aliphatic heterocycles. The van der Waals surface area contributed by atoms with E-state index in [2.05, 4.69) is 111 Å². The lowest BCUT2D eigenvalue weighted by atomic mass is 9.54. The number of nitrogens with zero attached hydrogens (tertiary/aromatic N) is 4. The first-order chi connectivity index (χ1) is 25.9. The second kappa shape index (κ2) is 13.6. The van der Waals surface area contributed by atoms with Crippen LogP contribution in [0.5, 0.6) is 0 Å². The quantitative estimate of drug-likeness (QED) is 0.175. The van der Waals surface area contributed by atoms with E-state index in [0.29, 0.717) is 23.0 Å². The van der Waals surface area contributed by atoms with Crippen molar-refractivity contribution in [2.24, 2.45) is 17.8 Å². The number of benzene rings is 6. The molecule has 0 radical (unpaired) electrons. The van der Waals surface area contributed by atoms with Gasteiger partial charge in [0.05, 0.1) is 11.6 Å². The van der Waals surface area contributed by atoms with Gasteiger partial charge in [-0.1, -0.05) is 135 Å². The van der Waals surface area contributed by atoms with Crippen molar-refractivity contribution < 1.29 is 0 Å². The molecule has 0 N–H and O–H groups in total. The van der Waals surface area contributed by atoms with Gasteiger partial charge in [-0.15, -0.1) is 0 Å². The molecule has 2 fully saturated rings. The maximum Gasteiger partial charge on any atom is 0.164 e. The first kappa shape index (κ1) is 33.0. The van der Waals surface area contributed by atoms with Crippen LogP contribution in [-0.2, 0) is 5.41 Å². The Kier molecular flexibility index (Phi) is 8.43. The molecule has 9 rings (SSSR count). The van der Waals surface area contributed by atoms with Crippen molar-refractivity contribution in [2.75, 3.05) is 0 Å². The monoisotopic (exact) mass is 686 g/mol. The van der Waals surface area contributed by atoms with Crippen LogP contribution in [0.3, 0.4) is 0 Å². The lowest BCUT2D eigenvalue weighted by Crippen LogP contribution is -2.42. The molecule has 4 nitrogen and oxygen atoms in total. The second-order valence-electron chi connectivity index (χ2n) is 15.7. The van der Waals surface area contributed by atoms with Gasteiger partial charge >= 0.3 is 0 Å². The number of rotatable bonds is 6. The van der Waals surface area contributed by atoms with Crippen LogP contribution in [0.25, 0.3) is 67.2 Å². The van der Waals surface area contributed by atoms with Crippen molar-refractivity contribution in [1.29, 1.82) is 5.26 Å². The molecule has 1 aromatic heterocycles. The van der Waals surface area contributed by atoms with Crippen molar-refractivity contribution >= 4 is 10.8 Å². The smallest absolute Gasteiger partial charge is 0.164 e. The van der Waals surface area contributed by atoms with E-state index in [0.717, 1.165) is 67.5 Å². The van der Waals surface area contributed by atoms with Gasteiger partial charge in [0.25, 0.3) is 0 Å². The molecular formula is C49H42N4. The summed E-state index contributed by atoms with van der Waals surface area (Å²) in [6.45, 7) is 4.90. The second-order valence-corrected chi connectivity index (χ2v) is 15.7. The molecule has 0 amide bonds. The summed E-state index contributed by atoms with van der Waals surface area (Å²) in [5, 5.41) is 12.1. The highest BCUT2D eigenvalue weighted by molar-refractivity contribution is 6.01. The normalized spacial score (nSPS) is 20.9. The zero-order valence-corrected chi connectivity index (χ0v) is 30.3. The fourth-order valence-corrected chi connectivity index (χ4v) is 9.69. The molecule has 2 aliphatic carbocycles. The van der Waals surface area contributed by atoms with Gasteiger partial charge in [-0.05, 0) is 107 Å². The van der Waals surface area contributed by atoms with E-state index in [1.165, 1.54) is 37.7 Å². The number of aromatic nitrogens is 3. The zero-order valence-electron chi connectivity index (χ0n) is 30.3. The molecular weight excluding hydrogens is 645 g/mol. The van der Waals surface area contributed by atoms with Gasteiger partial charge < -0.3 is 0 Å². The zero-order chi connectivity index (χ0) is 35.9. The van der Waals surface area contributed by atoms with Crippen LogP contribution in [0.2, 0.25) is 0 Å². The van der Waals surface area contributed by atoms with Crippen LogP contribution in [0.1, 0.15) is 57.1 Å². The molecule has 53 heavy (non-hydrogen) atoms. The molecule has 7 aromatic rings. The Morgan fingerprint density at radius 3 is 1.68 bits per heavy atom. The Hall–Kier alpha value is -5.92. The maximum atomic E-state index is 10.3. The van der Waals surface area contributed by atoms with E-state index in [1.54, 1.807) is 0 Å². The van der Waals surface area contributed by atoms with Crippen LogP contribution in [-0.4, -0.2) is 15.0 Å². The van der Waals surface area contributed by atoms with Gasteiger partial charge in [-0.2, -0.15) is 5.26 Å². The largest absolute Gasteiger partial charge is 0.208 e. The molecule has 1 unspecified atom stereocenters. The van der Waals surface area contributed by atoms with E-state index in [-0.39, 0.29) is 5.41 Å². The van der Waals surface area contributed by atoms with Crippen LogP contribution < -0.4 is 0 Å². The average molecular weight is 687 g/mol. The SMILES string of the molecule is C[C@@H]1C[C@@H]2C[C@H](C)CC(c3ccc(-c4cc(-c5nc(-c6ccccc6)nc(-c6ccc(-c7ccccc7)cc6)n5)c5cccc(C#N)c5c4)cc3)(C1)C2. The standard InChI is InChI=1S/C49H42N4/c1-32-24-34-25-33(2)29-49(28-32,30-34)42-22-20-37(21-23-42)41-26-44-40(31-50)14-9-15-43(44)45(27-41)48-52-46(38-12-7-4-8-13-38)51-47(53-48)39-18-16-36(17-19-39)35-10-5-3-6-11-35/h3-23,26-27,32-34H,24-25,28-30H2,1-2H3/t32-,33+,34-,49?. The summed E-state index contributed by atoms with van der Waals surface area (Å²) >= 11 is 0. The summed E-state index contributed by atoms with van der Waals surface area (Å²) in [5.41, 5.74) is 9.56. The van der Waals surface area contributed by atoms with Crippen LogP contribution in [0.15, 0.2) is 140 Å². The van der Waals surface area contributed by atoms with E-state index >= 15 is 0 Å². The van der Waals surface area contributed by atoms with Crippen molar-refractivity contribution in [1.82, 2.24) is 15.0 Å². The Morgan fingerprint density at radius 1 is 0.509 bits per heavy atom. The number of fused-ring (bicyclic) bond motifs is 3. The minimum atomic E-state index is 0.273. The molecule has 2 aliphatic rings. The predicted molar refractivity (Wildman–Crippen MR) is 216 cm³/mol. The third-order valence-corrected chi connectivity index (χ3v) is 11.7. The van der Waals surface area contributed by atoms with Crippen LogP contribution >= 0.6 is 0 Å². The molecule has 2 saturated carbocycles. The van der Waals surface area contributed by atoms with Gasteiger partial charge in [0.2, 0.25) is 0 Å². The first-order valence-corrected chi connectivity index (χ1v) is 19.0. The molecule has 0 spiro atoms. The number of hydrogen-bond donors (Lipinski definition) is 0. The van der Waals surface area contributed by atoms with Crippen LogP contribution in [0, 0.1) is 29.1 Å².